The van der Waals surface area contributed by atoms with Crippen molar-refractivity contribution in [1.82, 2.24) is 19.8 Å². The van der Waals surface area contributed by atoms with Crippen molar-refractivity contribution >= 4 is 22.0 Å². The second kappa shape index (κ2) is 6.76. The Morgan fingerprint density at radius 1 is 1.00 bits per heavy atom. The second-order valence-corrected chi connectivity index (χ2v) is 7.14. The van der Waals surface area contributed by atoms with E-state index in [1.54, 1.807) is 18.4 Å². The predicted octanol–water partition coefficient (Wildman–Crippen LogP) is 3.52. The molecule has 0 aliphatic rings. The number of fused-ring (bicyclic) bond motifs is 1. The van der Waals surface area contributed by atoms with Crippen LogP contribution in [0.15, 0.2) is 48.5 Å². The van der Waals surface area contributed by atoms with Crippen molar-refractivity contribution in [1.29, 1.82) is 0 Å². The van der Waals surface area contributed by atoms with Crippen LogP contribution in [0.4, 0.5) is 5.69 Å². The van der Waals surface area contributed by atoms with Gasteiger partial charge in [0, 0.05) is 31.8 Å². The number of hydrogen-bond donors (Lipinski definition) is 0. The molecule has 0 amide bonds. The summed E-state index contributed by atoms with van der Waals surface area (Å²) >= 11 is 1.55. The normalized spacial score (nSPS) is 11.0. The van der Waals surface area contributed by atoms with Gasteiger partial charge in [-0.2, -0.15) is 9.61 Å². The van der Waals surface area contributed by atoms with E-state index in [4.69, 9.17) is 9.84 Å². The average molecular weight is 365 g/mol. The molecule has 0 aliphatic heterocycles. The van der Waals surface area contributed by atoms with E-state index in [1.165, 1.54) is 0 Å². The van der Waals surface area contributed by atoms with Crippen molar-refractivity contribution in [3.63, 3.8) is 0 Å². The zero-order valence-corrected chi connectivity index (χ0v) is 15.7. The Bertz CT molecular complexity index is 1020. The topological polar surface area (TPSA) is 55.6 Å². The van der Waals surface area contributed by atoms with Crippen molar-refractivity contribution in [2.24, 2.45) is 0 Å². The first-order valence-electron chi connectivity index (χ1n) is 8.26. The predicted molar refractivity (Wildman–Crippen MR) is 104 cm³/mol. The van der Waals surface area contributed by atoms with Crippen LogP contribution in [0.5, 0.6) is 5.75 Å². The Morgan fingerprint density at radius 3 is 2.38 bits per heavy atom. The van der Waals surface area contributed by atoms with E-state index in [0.29, 0.717) is 6.42 Å². The lowest BCUT2D eigenvalue weighted by atomic mass is 10.1. The summed E-state index contributed by atoms with van der Waals surface area (Å²) in [5.74, 6) is 1.68. The number of nitrogens with zero attached hydrogens (tertiary/aromatic N) is 5. The largest absolute Gasteiger partial charge is 0.497 e. The minimum Gasteiger partial charge on any atom is -0.497 e. The van der Waals surface area contributed by atoms with Gasteiger partial charge in [-0.05, 0) is 42.0 Å². The molecule has 132 valence electrons. The minimum absolute atomic E-state index is 0.675. The van der Waals surface area contributed by atoms with E-state index in [1.807, 2.05) is 42.9 Å². The van der Waals surface area contributed by atoms with E-state index in [9.17, 15) is 0 Å². The van der Waals surface area contributed by atoms with Crippen LogP contribution in [-0.2, 0) is 6.42 Å². The molecule has 0 aliphatic carbocycles. The summed E-state index contributed by atoms with van der Waals surface area (Å²) in [6.07, 6.45) is 0.675. The van der Waals surface area contributed by atoms with Gasteiger partial charge >= 0.3 is 0 Å². The maximum Gasteiger partial charge on any atom is 0.234 e. The molecule has 0 bridgehead atoms. The highest BCUT2D eigenvalue weighted by molar-refractivity contribution is 7.19. The number of anilines is 1. The highest BCUT2D eigenvalue weighted by atomic mass is 32.1. The van der Waals surface area contributed by atoms with E-state index in [2.05, 4.69) is 39.4 Å². The molecule has 26 heavy (non-hydrogen) atoms. The first kappa shape index (κ1) is 16.5. The molecule has 0 fully saturated rings. The summed E-state index contributed by atoms with van der Waals surface area (Å²) < 4.78 is 7.04. The molecule has 0 saturated carbocycles. The lowest BCUT2D eigenvalue weighted by molar-refractivity contribution is 0.414. The van der Waals surface area contributed by atoms with Gasteiger partial charge in [-0.1, -0.05) is 23.5 Å². The van der Waals surface area contributed by atoms with E-state index in [-0.39, 0.29) is 0 Å². The highest BCUT2D eigenvalue weighted by Crippen LogP contribution is 2.27. The molecule has 7 heteroatoms. The van der Waals surface area contributed by atoms with Crippen LogP contribution in [0.25, 0.3) is 15.5 Å². The van der Waals surface area contributed by atoms with Crippen LogP contribution < -0.4 is 9.64 Å². The van der Waals surface area contributed by atoms with E-state index in [0.717, 1.165) is 38.4 Å². The van der Waals surface area contributed by atoms with Crippen molar-refractivity contribution in [3.8, 4) is 16.3 Å². The fourth-order valence-electron chi connectivity index (χ4n) is 2.71. The monoisotopic (exact) mass is 365 g/mol. The molecule has 4 aromatic rings. The molecule has 2 aromatic heterocycles. The Morgan fingerprint density at radius 2 is 1.73 bits per heavy atom. The van der Waals surface area contributed by atoms with Crippen LogP contribution in [0, 0.1) is 0 Å². The van der Waals surface area contributed by atoms with Crippen LogP contribution >= 0.6 is 11.3 Å². The van der Waals surface area contributed by atoms with E-state index < -0.39 is 0 Å². The quantitative estimate of drug-likeness (QED) is 0.542. The van der Waals surface area contributed by atoms with Gasteiger partial charge < -0.3 is 9.64 Å². The minimum atomic E-state index is 0.675. The van der Waals surface area contributed by atoms with Crippen LogP contribution in [0.1, 0.15) is 11.4 Å². The number of aromatic nitrogens is 4. The second-order valence-electron chi connectivity index (χ2n) is 6.18. The number of ether oxygens (including phenoxy) is 1. The van der Waals surface area contributed by atoms with Crippen LogP contribution in [-0.4, -0.2) is 41.0 Å². The van der Waals surface area contributed by atoms with Gasteiger partial charge in [0.1, 0.15) is 10.8 Å². The van der Waals surface area contributed by atoms with Gasteiger partial charge in [0.2, 0.25) is 4.96 Å². The third-order valence-electron chi connectivity index (χ3n) is 4.21. The van der Waals surface area contributed by atoms with Gasteiger partial charge in [-0.25, -0.2) is 0 Å². The zero-order chi connectivity index (χ0) is 18.1. The summed E-state index contributed by atoms with van der Waals surface area (Å²) in [4.78, 5) is 2.88. The van der Waals surface area contributed by atoms with Gasteiger partial charge in [0.05, 0.1) is 7.11 Å². The smallest absolute Gasteiger partial charge is 0.234 e. The molecule has 2 aromatic carbocycles. The van der Waals surface area contributed by atoms with Gasteiger partial charge in [0.15, 0.2) is 5.82 Å². The molecule has 0 saturated heterocycles. The first-order valence-corrected chi connectivity index (χ1v) is 9.07. The first-order chi connectivity index (χ1) is 12.6. The van der Waals surface area contributed by atoms with E-state index >= 15 is 0 Å². The molecule has 2 heterocycles. The Labute approximate surface area is 155 Å². The molecular formula is C19H19N5OS. The molecule has 0 radical (unpaired) electrons. The number of benzene rings is 2. The molecule has 0 N–H and O–H groups in total. The number of hydrogen-bond acceptors (Lipinski definition) is 6. The number of methoxy groups -OCH3 is 1. The Hall–Kier alpha value is -2.93. The third kappa shape index (κ3) is 3.13. The van der Waals surface area contributed by atoms with Gasteiger partial charge in [-0.15, -0.1) is 10.2 Å². The third-order valence-corrected chi connectivity index (χ3v) is 5.16. The fourth-order valence-corrected chi connectivity index (χ4v) is 3.58. The fraction of sp³-hybridized carbons (Fsp3) is 0.211. The highest BCUT2D eigenvalue weighted by Gasteiger charge is 2.13. The summed E-state index contributed by atoms with van der Waals surface area (Å²) in [7, 11) is 5.73. The van der Waals surface area contributed by atoms with Crippen molar-refractivity contribution in [2.75, 3.05) is 26.1 Å². The summed E-state index contributed by atoms with van der Waals surface area (Å²) in [6.45, 7) is 0. The van der Waals surface area contributed by atoms with Crippen LogP contribution in [0.3, 0.4) is 0 Å². The summed E-state index contributed by atoms with van der Waals surface area (Å²) in [5, 5.41) is 14.2. The maximum atomic E-state index is 5.20. The Balaban J connectivity index is 1.61. The SMILES string of the molecule is COc1ccc(Cc2nnc3sc(-c4ccc(N(C)C)cc4)nn23)cc1. The lowest BCUT2D eigenvalue weighted by Gasteiger charge is -2.11. The molecule has 0 unspecified atom stereocenters. The molecule has 6 nitrogen and oxygen atoms in total. The average Bonchev–Trinajstić information content (AvgIpc) is 3.24. The van der Waals surface area contributed by atoms with Gasteiger partial charge in [-0.3, -0.25) is 0 Å². The molecule has 0 spiro atoms. The van der Waals surface area contributed by atoms with Crippen molar-refractivity contribution in [2.45, 2.75) is 6.42 Å². The molecular weight excluding hydrogens is 346 g/mol. The summed E-state index contributed by atoms with van der Waals surface area (Å²) in [6, 6.07) is 16.3. The van der Waals surface area contributed by atoms with Crippen molar-refractivity contribution in [3.05, 3.63) is 59.9 Å². The van der Waals surface area contributed by atoms with Crippen molar-refractivity contribution < 1.29 is 4.74 Å². The zero-order valence-electron chi connectivity index (χ0n) is 14.9. The van der Waals surface area contributed by atoms with Gasteiger partial charge in [0.25, 0.3) is 0 Å². The molecule has 4 rings (SSSR count). The Kier molecular flexibility index (Phi) is 4.30. The number of rotatable bonds is 5. The maximum absolute atomic E-state index is 5.20. The standard InChI is InChI=1S/C19H19N5OS/c1-23(2)15-8-6-14(7-9-15)18-22-24-17(20-21-19(24)26-18)12-13-4-10-16(25-3)11-5-13/h4-11H,12H2,1-3H3. The lowest BCUT2D eigenvalue weighted by Crippen LogP contribution is -2.07. The molecule has 0 atom stereocenters. The van der Waals surface area contributed by atoms with Crippen LogP contribution in [0.2, 0.25) is 0 Å². The summed E-state index contributed by atoms with van der Waals surface area (Å²) in [5.41, 5.74) is 3.39.